The highest BCUT2D eigenvalue weighted by Crippen LogP contribution is 2.43. The average molecular weight is 415 g/mol. The third kappa shape index (κ3) is 2.77. The second-order valence-electron chi connectivity index (χ2n) is 7.07. The molecule has 0 amide bonds. The van der Waals surface area contributed by atoms with E-state index in [0.29, 0.717) is 0 Å². The van der Waals surface area contributed by atoms with Crippen LogP contribution in [-0.2, 0) is 15.2 Å². The lowest BCUT2D eigenvalue weighted by Gasteiger charge is -2.46. The zero-order chi connectivity index (χ0) is 21.1. The number of nitrogens with one attached hydrogen (secondary N) is 1. The molecule has 14 nitrogen and oxygen atoms in total. The molecule has 2 fully saturated rings. The normalized spacial score (nSPS) is 40.6. The molecule has 2 aromatic rings. The van der Waals surface area contributed by atoms with Gasteiger partial charge in [0.25, 0.3) is 5.56 Å². The molecule has 160 valence electrons. The van der Waals surface area contributed by atoms with Crippen LogP contribution < -0.4 is 11.3 Å². The zero-order valence-electron chi connectivity index (χ0n) is 14.9. The van der Waals surface area contributed by atoms with Gasteiger partial charge < -0.3 is 45.8 Å². The van der Waals surface area contributed by atoms with E-state index in [0.717, 1.165) is 10.9 Å². The van der Waals surface area contributed by atoms with Gasteiger partial charge in [0.05, 0.1) is 19.5 Å². The fourth-order valence-electron chi connectivity index (χ4n) is 3.90. The Morgan fingerprint density at radius 2 is 1.97 bits per heavy atom. The van der Waals surface area contributed by atoms with Crippen LogP contribution in [0.3, 0.4) is 0 Å². The van der Waals surface area contributed by atoms with E-state index in [9.17, 15) is 35.4 Å². The Kier molecular flexibility index (Phi) is 4.83. The van der Waals surface area contributed by atoms with E-state index in [1.54, 1.807) is 0 Å². The number of nitrogens with two attached hydrogens (primary N) is 1. The SMILES string of the molecule is Nc1nc2c(ncn2[C@]2([C@@H]3OC[C@@H](O)[C@@H](O)[C@@H]3O)O[C@H](CO)[C@@H](O)[C@H]2O)c(=O)[nH]1. The van der Waals surface area contributed by atoms with Crippen molar-refractivity contribution in [3.05, 3.63) is 16.7 Å². The van der Waals surface area contributed by atoms with Crippen molar-refractivity contribution in [3.63, 3.8) is 0 Å². The fraction of sp³-hybridized carbons (Fsp3) is 0.667. The first-order valence-electron chi connectivity index (χ1n) is 8.76. The number of anilines is 1. The monoisotopic (exact) mass is 415 g/mol. The van der Waals surface area contributed by atoms with E-state index in [1.807, 2.05) is 0 Å². The van der Waals surface area contributed by atoms with Crippen LogP contribution in [0.4, 0.5) is 5.95 Å². The molecule has 0 aliphatic carbocycles. The Hall–Kier alpha value is -2.17. The first kappa shape index (κ1) is 20.1. The molecule has 9 N–H and O–H groups in total. The van der Waals surface area contributed by atoms with Crippen molar-refractivity contribution in [2.75, 3.05) is 18.9 Å². The molecule has 0 unspecified atom stereocenters. The summed E-state index contributed by atoms with van der Waals surface area (Å²) in [4.78, 5) is 22.3. The average Bonchev–Trinajstić information content (AvgIpc) is 3.21. The summed E-state index contributed by atoms with van der Waals surface area (Å²) in [6, 6.07) is 0. The minimum atomic E-state index is -2.17. The molecule has 2 aliphatic rings. The van der Waals surface area contributed by atoms with Crippen LogP contribution in [0.5, 0.6) is 0 Å². The van der Waals surface area contributed by atoms with E-state index in [4.69, 9.17) is 15.2 Å². The number of aromatic amines is 1. The number of ether oxygens (including phenoxy) is 2. The minimum Gasteiger partial charge on any atom is -0.394 e. The second-order valence-corrected chi connectivity index (χ2v) is 7.07. The van der Waals surface area contributed by atoms with Gasteiger partial charge in [-0.1, -0.05) is 0 Å². The molecule has 4 rings (SSSR count). The van der Waals surface area contributed by atoms with Crippen LogP contribution in [0.1, 0.15) is 0 Å². The van der Waals surface area contributed by atoms with E-state index >= 15 is 0 Å². The van der Waals surface area contributed by atoms with Gasteiger partial charge in [-0.25, -0.2) is 4.98 Å². The summed E-state index contributed by atoms with van der Waals surface area (Å²) in [5, 5.41) is 61.2. The summed E-state index contributed by atoms with van der Waals surface area (Å²) in [5.41, 5.74) is 2.41. The number of aromatic nitrogens is 4. The number of imidazole rings is 1. The molecule has 14 heteroatoms. The van der Waals surface area contributed by atoms with Gasteiger partial charge >= 0.3 is 0 Å². The predicted octanol–water partition coefficient (Wildman–Crippen LogP) is -5.05. The molecule has 2 saturated heterocycles. The van der Waals surface area contributed by atoms with Gasteiger partial charge in [-0.2, -0.15) is 4.98 Å². The van der Waals surface area contributed by atoms with Crippen LogP contribution in [-0.4, -0.2) is 106 Å². The number of rotatable bonds is 3. The molecule has 0 radical (unpaired) electrons. The topological polar surface area (TPSA) is 229 Å². The lowest BCUT2D eigenvalue weighted by Crippen LogP contribution is -2.65. The van der Waals surface area contributed by atoms with Crippen molar-refractivity contribution in [1.29, 1.82) is 0 Å². The molecule has 2 aromatic heterocycles. The van der Waals surface area contributed by atoms with Crippen molar-refractivity contribution in [2.24, 2.45) is 0 Å². The maximum Gasteiger partial charge on any atom is 0.280 e. The second kappa shape index (κ2) is 6.96. The standard InChI is InChI=1S/C15H21N5O9/c16-14-18-12-6(13(27)19-14)17-3-20(12)15(10(26)8(24)5(1-21)29-15)11-9(25)7(23)4(22)2-28-11/h3-5,7-11,21-26H,1-2H2,(H3,16,18,19,27)/t4-,5-,7-,8-,9+,10-,11-,15+/m1/s1. The highest BCUT2D eigenvalue weighted by atomic mass is 16.6. The lowest BCUT2D eigenvalue weighted by molar-refractivity contribution is -0.286. The number of hydrogen-bond donors (Lipinski definition) is 8. The van der Waals surface area contributed by atoms with Crippen LogP contribution in [0, 0.1) is 0 Å². The Labute approximate surface area is 161 Å². The van der Waals surface area contributed by atoms with Gasteiger partial charge in [-0.15, -0.1) is 0 Å². The van der Waals surface area contributed by atoms with Crippen LogP contribution >= 0.6 is 0 Å². The summed E-state index contributed by atoms with van der Waals surface area (Å²) in [6.45, 7) is -1.12. The number of nitrogens with zero attached hydrogens (tertiary/aromatic N) is 3. The van der Waals surface area contributed by atoms with E-state index in [1.165, 1.54) is 0 Å². The third-order valence-corrected chi connectivity index (χ3v) is 5.36. The summed E-state index contributed by atoms with van der Waals surface area (Å²) in [5.74, 6) is -0.272. The maximum absolute atomic E-state index is 12.1. The Morgan fingerprint density at radius 1 is 1.24 bits per heavy atom. The zero-order valence-corrected chi connectivity index (χ0v) is 14.9. The summed E-state index contributed by atoms with van der Waals surface area (Å²) in [6.07, 6.45) is -10.1. The van der Waals surface area contributed by atoms with Gasteiger partial charge in [0, 0.05) is 0 Å². The van der Waals surface area contributed by atoms with E-state index in [2.05, 4.69) is 15.0 Å². The largest absolute Gasteiger partial charge is 0.394 e. The molecule has 0 saturated carbocycles. The van der Waals surface area contributed by atoms with Gasteiger partial charge in [0.15, 0.2) is 11.2 Å². The summed E-state index contributed by atoms with van der Waals surface area (Å²) < 4.78 is 12.3. The number of aliphatic hydroxyl groups excluding tert-OH is 6. The Bertz CT molecular complexity index is 965. The van der Waals surface area contributed by atoms with Crippen molar-refractivity contribution in [1.82, 2.24) is 19.5 Å². The first-order chi connectivity index (χ1) is 13.7. The van der Waals surface area contributed by atoms with Gasteiger partial charge in [0.2, 0.25) is 11.7 Å². The Morgan fingerprint density at radius 3 is 2.62 bits per heavy atom. The molecular formula is C15H21N5O9. The number of hydrogen-bond acceptors (Lipinski definition) is 12. The predicted molar refractivity (Wildman–Crippen MR) is 92.3 cm³/mol. The third-order valence-electron chi connectivity index (χ3n) is 5.36. The molecule has 8 atom stereocenters. The van der Waals surface area contributed by atoms with Gasteiger partial charge in [-0.3, -0.25) is 14.3 Å². The van der Waals surface area contributed by atoms with E-state index in [-0.39, 0.29) is 17.1 Å². The highest BCUT2D eigenvalue weighted by molar-refractivity contribution is 5.71. The van der Waals surface area contributed by atoms with E-state index < -0.39 is 67.2 Å². The van der Waals surface area contributed by atoms with Gasteiger partial charge in [-0.05, 0) is 0 Å². The maximum atomic E-state index is 12.1. The molecular weight excluding hydrogens is 394 g/mol. The highest BCUT2D eigenvalue weighted by Gasteiger charge is 2.64. The minimum absolute atomic E-state index is 0.160. The molecule has 0 bridgehead atoms. The van der Waals surface area contributed by atoms with Gasteiger partial charge in [0.1, 0.15) is 42.7 Å². The number of fused-ring (bicyclic) bond motifs is 1. The number of aliphatic hydroxyl groups is 6. The van der Waals surface area contributed by atoms with Crippen LogP contribution in [0.25, 0.3) is 11.2 Å². The summed E-state index contributed by atoms with van der Waals surface area (Å²) in [7, 11) is 0. The van der Waals surface area contributed by atoms with Crippen molar-refractivity contribution in [3.8, 4) is 0 Å². The van der Waals surface area contributed by atoms with Crippen molar-refractivity contribution < 1.29 is 40.1 Å². The Balaban J connectivity index is 1.95. The molecule has 4 heterocycles. The van der Waals surface area contributed by atoms with Crippen LogP contribution in [0.15, 0.2) is 11.1 Å². The van der Waals surface area contributed by atoms with Crippen LogP contribution in [0.2, 0.25) is 0 Å². The molecule has 29 heavy (non-hydrogen) atoms. The lowest BCUT2D eigenvalue weighted by atomic mass is 9.87. The molecule has 0 aromatic carbocycles. The number of nitrogen functional groups attached to an aromatic ring is 1. The number of H-pyrrole nitrogens is 1. The van der Waals surface area contributed by atoms with Crippen molar-refractivity contribution in [2.45, 2.75) is 48.5 Å². The van der Waals surface area contributed by atoms with Crippen molar-refractivity contribution >= 4 is 17.1 Å². The quantitative estimate of drug-likeness (QED) is 0.235. The molecule has 0 spiro atoms. The smallest absolute Gasteiger partial charge is 0.280 e. The fourth-order valence-corrected chi connectivity index (χ4v) is 3.90. The first-order valence-corrected chi connectivity index (χ1v) is 8.76. The molecule has 2 aliphatic heterocycles. The summed E-state index contributed by atoms with van der Waals surface area (Å²) >= 11 is 0.